The Balaban J connectivity index is 1.76. The Kier molecular flexibility index (Phi) is 3.19. The van der Waals surface area contributed by atoms with Gasteiger partial charge in [-0.15, -0.1) is 0 Å². The molecule has 1 aromatic rings. The molecule has 1 nitrogen and oxygen atoms in total. The van der Waals surface area contributed by atoms with Crippen molar-refractivity contribution < 1.29 is 5.11 Å². The van der Waals surface area contributed by atoms with Crippen molar-refractivity contribution in [3.8, 4) is 0 Å². The summed E-state index contributed by atoms with van der Waals surface area (Å²) in [7, 11) is 0. The van der Waals surface area contributed by atoms with Crippen LogP contribution in [0.3, 0.4) is 0 Å². The van der Waals surface area contributed by atoms with Crippen molar-refractivity contribution in [2.24, 2.45) is 17.8 Å². The molecule has 1 aromatic carbocycles. The van der Waals surface area contributed by atoms with Crippen LogP contribution in [-0.4, -0.2) is 11.2 Å². The summed E-state index contributed by atoms with van der Waals surface area (Å²) in [6.07, 6.45) is 4.73. The second-order valence-corrected chi connectivity index (χ2v) is 6.26. The number of hydrogen-bond acceptors (Lipinski definition) is 1. The summed E-state index contributed by atoms with van der Waals surface area (Å²) in [5.41, 5.74) is 3.05. The van der Waals surface area contributed by atoms with Gasteiger partial charge in [-0.1, -0.05) is 44.5 Å². The molecule has 1 saturated carbocycles. The van der Waals surface area contributed by atoms with Crippen molar-refractivity contribution in [3.63, 3.8) is 0 Å². The summed E-state index contributed by atoms with van der Waals surface area (Å²) in [5, 5.41) is 10.5. The Hall–Kier alpha value is -0.820. The van der Waals surface area contributed by atoms with Gasteiger partial charge in [-0.05, 0) is 54.1 Å². The molecule has 0 bridgehead atoms. The monoisotopic (exact) mass is 244 g/mol. The summed E-state index contributed by atoms with van der Waals surface area (Å²) in [6.45, 7) is 4.42. The van der Waals surface area contributed by atoms with Gasteiger partial charge in [0.05, 0.1) is 6.10 Å². The lowest BCUT2D eigenvalue weighted by Gasteiger charge is -2.18. The average molecular weight is 244 g/mol. The highest BCUT2D eigenvalue weighted by molar-refractivity contribution is 5.39. The van der Waals surface area contributed by atoms with Gasteiger partial charge in [0.15, 0.2) is 0 Å². The van der Waals surface area contributed by atoms with Crippen molar-refractivity contribution in [1.82, 2.24) is 0 Å². The normalized spacial score (nSPS) is 32.3. The van der Waals surface area contributed by atoms with E-state index < -0.39 is 0 Å². The Morgan fingerprint density at radius 3 is 2.89 bits per heavy atom. The smallest absolute Gasteiger partial charge is 0.0602 e. The number of aliphatic hydroxyl groups excluding tert-OH is 1. The predicted molar refractivity (Wildman–Crippen MR) is 74.6 cm³/mol. The minimum absolute atomic E-state index is 0.0916. The zero-order valence-corrected chi connectivity index (χ0v) is 11.5. The van der Waals surface area contributed by atoms with Gasteiger partial charge in [0, 0.05) is 0 Å². The van der Waals surface area contributed by atoms with Crippen LogP contribution in [0.1, 0.15) is 50.2 Å². The lowest BCUT2D eigenvalue weighted by atomic mass is 9.91. The van der Waals surface area contributed by atoms with Crippen LogP contribution in [-0.2, 0) is 6.42 Å². The van der Waals surface area contributed by atoms with Crippen LogP contribution in [0.15, 0.2) is 24.3 Å². The van der Waals surface area contributed by atoms with E-state index in [1.54, 1.807) is 0 Å². The molecule has 1 heteroatoms. The molecule has 2 aliphatic rings. The van der Waals surface area contributed by atoms with Crippen molar-refractivity contribution >= 4 is 0 Å². The first-order chi connectivity index (χ1) is 8.74. The van der Waals surface area contributed by atoms with E-state index in [1.807, 2.05) is 0 Å². The zero-order chi connectivity index (χ0) is 12.7. The topological polar surface area (TPSA) is 20.2 Å². The van der Waals surface area contributed by atoms with Gasteiger partial charge < -0.3 is 5.11 Å². The fraction of sp³-hybridized carbons (Fsp3) is 0.647. The quantitative estimate of drug-likeness (QED) is 0.855. The first-order valence-electron chi connectivity index (χ1n) is 7.50. The molecule has 3 rings (SSSR count). The number of aryl methyl sites for hydroxylation is 1. The molecular formula is C17H24O. The third kappa shape index (κ3) is 1.89. The van der Waals surface area contributed by atoms with Crippen LogP contribution in [0, 0.1) is 17.8 Å². The Morgan fingerprint density at radius 2 is 2.11 bits per heavy atom. The number of rotatable bonds is 4. The Morgan fingerprint density at radius 1 is 1.33 bits per heavy atom. The third-order valence-electron chi connectivity index (χ3n) is 5.11. The largest absolute Gasteiger partial charge is 0.393 e. The number of fused-ring (bicyclic) bond motifs is 3. The number of aliphatic hydroxyl groups is 1. The van der Waals surface area contributed by atoms with Crippen LogP contribution >= 0.6 is 0 Å². The lowest BCUT2D eigenvalue weighted by Crippen LogP contribution is -2.21. The molecule has 0 spiro atoms. The molecular weight excluding hydrogens is 220 g/mol. The molecule has 0 amide bonds. The summed E-state index contributed by atoms with van der Waals surface area (Å²) in [5.74, 6) is 2.41. The molecule has 0 aliphatic heterocycles. The van der Waals surface area contributed by atoms with E-state index in [0.29, 0.717) is 17.8 Å². The van der Waals surface area contributed by atoms with Crippen molar-refractivity contribution in [3.05, 3.63) is 35.4 Å². The summed E-state index contributed by atoms with van der Waals surface area (Å²) in [4.78, 5) is 0. The molecule has 1 N–H and O–H groups in total. The maximum Gasteiger partial charge on any atom is 0.0602 e. The SMILES string of the molecule is CCCC(C)C(O)C1C2CCc3ccccc3C21. The summed E-state index contributed by atoms with van der Waals surface area (Å²) >= 11 is 0. The van der Waals surface area contributed by atoms with Gasteiger partial charge in [0.2, 0.25) is 0 Å². The third-order valence-corrected chi connectivity index (χ3v) is 5.11. The zero-order valence-electron chi connectivity index (χ0n) is 11.5. The molecule has 0 heterocycles. The van der Waals surface area contributed by atoms with Gasteiger partial charge in [-0.3, -0.25) is 0 Å². The van der Waals surface area contributed by atoms with E-state index in [-0.39, 0.29) is 6.10 Å². The molecule has 0 radical (unpaired) electrons. The van der Waals surface area contributed by atoms with E-state index in [2.05, 4.69) is 38.1 Å². The van der Waals surface area contributed by atoms with Crippen molar-refractivity contribution in [2.45, 2.75) is 51.6 Å². The number of hydrogen-bond donors (Lipinski definition) is 1. The van der Waals surface area contributed by atoms with Gasteiger partial charge >= 0.3 is 0 Å². The maximum atomic E-state index is 10.5. The predicted octanol–water partition coefficient (Wildman–Crippen LogP) is 3.76. The van der Waals surface area contributed by atoms with Crippen LogP contribution in [0.25, 0.3) is 0 Å². The molecule has 1 fully saturated rings. The van der Waals surface area contributed by atoms with Gasteiger partial charge in [0.1, 0.15) is 0 Å². The van der Waals surface area contributed by atoms with E-state index in [0.717, 1.165) is 12.3 Å². The molecule has 18 heavy (non-hydrogen) atoms. The second-order valence-electron chi connectivity index (χ2n) is 6.26. The number of benzene rings is 1. The minimum atomic E-state index is -0.0916. The molecule has 98 valence electrons. The van der Waals surface area contributed by atoms with Gasteiger partial charge in [-0.2, -0.15) is 0 Å². The average Bonchev–Trinajstić information content (AvgIpc) is 3.13. The maximum absolute atomic E-state index is 10.5. The lowest BCUT2D eigenvalue weighted by molar-refractivity contribution is 0.0832. The van der Waals surface area contributed by atoms with Gasteiger partial charge in [-0.25, -0.2) is 0 Å². The molecule has 0 saturated heterocycles. The molecule has 5 unspecified atom stereocenters. The molecule has 5 atom stereocenters. The highest BCUT2D eigenvalue weighted by Gasteiger charge is 2.56. The summed E-state index contributed by atoms with van der Waals surface area (Å²) in [6, 6.07) is 8.84. The van der Waals surface area contributed by atoms with E-state index in [4.69, 9.17) is 0 Å². The standard InChI is InChI=1S/C17H24O/c1-3-6-11(2)17(18)16-14-10-9-12-7-4-5-8-13(12)15(14)16/h4-5,7-8,11,14-18H,3,6,9-10H2,1-2H3. The van der Waals surface area contributed by atoms with Crippen LogP contribution in [0.5, 0.6) is 0 Å². The summed E-state index contributed by atoms with van der Waals surface area (Å²) < 4.78 is 0. The first kappa shape index (κ1) is 12.2. The highest BCUT2D eigenvalue weighted by Crippen LogP contribution is 2.62. The minimum Gasteiger partial charge on any atom is -0.393 e. The first-order valence-corrected chi connectivity index (χ1v) is 7.50. The molecule has 0 aromatic heterocycles. The molecule has 2 aliphatic carbocycles. The Labute approximate surface area is 110 Å². The Bertz CT molecular complexity index is 425. The highest BCUT2D eigenvalue weighted by atomic mass is 16.3. The van der Waals surface area contributed by atoms with Crippen molar-refractivity contribution in [2.75, 3.05) is 0 Å². The van der Waals surface area contributed by atoms with Crippen LogP contribution < -0.4 is 0 Å². The van der Waals surface area contributed by atoms with E-state index in [1.165, 1.54) is 30.4 Å². The van der Waals surface area contributed by atoms with Gasteiger partial charge in [0.25, 0.3) is 0 Å². The second kappa shape index (κ2) is 4.70. The van der Waals surface area contributed by atoms with Crippen molar-refractivity contribution in [1.29, 1.82) is 0 Å². The van der Waals surface area contributed by atoms with E-state index in [9.17, 15) is 5.11 Å². The van der Waals surface area contributed by atoms with Crippen LogP contribution in [0.4, 0.5) is 0 Å². The fourth-order valence-electron chi connectivity index (χ4n) is 4.09. The van der Waals surface area contributed by atoms with Crippen LogP contribution in [0.2, 0.25) is 0 Å². The fourth-order valence-corrected chi connectivity index (χ4v) is 4.09. The van der Waals surface area contributed by atoms with E-state index >= 15 is 0 Å².